The highest BCUT2D eigenvalue weighted by molar-refractivity contribution is 6.09. The molecule has 1 aromatic carbocycles. The quantitative estimate of drug-likeness (QED) is 0.804. The minimum atomic E-state index is -0.992. The van der Waals surface area contributed by atoms with E-state index in [0.717, 1.165) is 48.1 Å². The molecule has 1 unspecified atom stereocenters. The van der Waals surface area contributed by atoms with E-state index in [-0.39, 0.29) is 24.4 Å². The molecule has 1 heterocycles. The zero-order valence-electron chi connectivity index (χ0n) is 15.6. The summed E-state index contributed by atoms with van der Waals surface area (Å²) >= 11 is 0. The topological polar surface area (TPSA) is 78.5 Å². The Bertz CT molecular complexity index is 755. The fraction of sp³-hybridized carbons (Fsp3) is 0.571. The molecule has 1 saturated heterocycles. The molecule has 1 saturated carbocycles. The van der Waals surface area contributed by atoms with E-state index in [1.54, 1.807) is 0 Å². The van der Waals surface area contributed by atoms with Gasteiger partial charge in [-0.2, -0.15) is 0 Å². The van der Waals surface area contributed by atoms with Gasteiger partial charge in [0, 0.05) is 6.04 Å². The molecule has 4 amide bonds. The van der Waals surface area contributed by atoms with Crippen molar-refractivity contribution in [2.75, 3.05) is 6.54 Å². The van der Waals surface area contributed by atoms with Crippen molar-refractivity contribution < 1.29 is 14.4 Å². The molecule has 144 valence electrons. The average molecular weight is 369 g/mol. The van der Waals surface area contributed by atoms with Gasteiger partial charge in [-0.1, -0.05) is 56.4 Å². The lowest BCUT2D eigenvalue weighted by molar-refractivity contribution is -0.135. The number of benzene rings is 1. The Labute approximate surface area is 159 Å². The molecule has 3 aliphatic rings. The van der Waals surface area contributed by atoms with Gasteiger partial charge in [-0.25, -0.2) is 4.79 Å². The number of nitrogens with zero attached hydrogens (tertiary/aromatic N) is 1. The van der Waals surface area contributed by atoms with Crippen LogP contribution in [-0.4, -0.2) is 35.3 Å². The fourth-order valence-electron chi connectivity index (χ4n) is 4.75. The molecule has 2 fully saturated rings. The van der Waals surface area contributed by atoms with Crippen LogP contribution < -0.4 is 10.6 Å². The zero-order valence-corrected chi connectivity index (χ0v) is 15.6. The lowest BCUT2D eigenvalue weighted by Crippen LogP contribution is -2.45. The Morgan fingerprint density at radius 2 is 1.81 bits per heavy atom. The summed E-state index contributed by atoms with van der Waals surface area (Å²) in [5.41, 5.74) is 0.965. The van der Waals surface area contributed by atoms with Crippen LogP contribution in [0.2, 0.25) is 0 Å². The highest BCUT2D eigenvalue weighted by Crippen LogP contribution is 2.41. The van der Waals surface area contributed by atoms with E-state index in [2.05, 4.69) is 10.6 Å². The zero-order chi connectivity index (χ0) is 18.9. The molecular weight excluding hydrogens is 342 g/mol. The van der Waals surface area contributed by atoms with Crippen LogP contribution in [0.3, 0.4) is 0 Å². The van der Waals surface area contributed by atoms with Crippen LogP contribution in [0.15, 0.2) is 24.3 Å². The predicted octanol–water partition coefficient (Wildman–Crippen LogP) is 2.61. The lowest BCUT2D eigenvalue weighted by Gasteiger charge is -2.23. The van der Waals surface area contributed by atoms with Crippen molar-refractivity contribution in [2.24, 2.45) is 0 Å². The number of rotatable bonds is 3. The van der Waals surface area contributed by atoms with Crippen molar-refractivity contribution in [2.45, 2.75) is 69.4 Å². The highest BCUT2D eigenvalue weighted by Gasteiger charge is 2.55. The maximum atomic E-state index is 13.1. The molecule has 1 spiro atoms. The average Bonchev–Trinajstić information content (AvgIpc) is 3.11. The molecule has 0 aromatic heterocycles. The van der Waals surface area contributed by atoms with Gasteiger partial charge in [-0.05, 0) is 36.8 Å². The Morgan fingerprint density at radius 3 is 2.59 bits per heavy atom. The normalized spacial score (nSPS) is 25.9. The van der Waals surface area contributed by atoms with E-state index < -0.39 is 11.6 Å². The van der Waals surface area contributed by atoms with Crippen LogP contribution in [0.25, 0.3) is 0 Å². The molecular formula is C21H27N3O3. The van der Waals surface area contributed by atoms with Crippen molar-refractivity contribution >= 4 is 17.8 Å². The first-order valence-electron chi connectivity index (χ1n) is 10.1. The third-order valence-corrected chi connectivity index (χ3v) is 6.19. The third kappa shape index (κ3) is 3.33. The first-order chi connectivity index (χ1) is 13.1. The molecule has 4 rings (SSSR count). The number of amides is 4. The number of carbonyl (C=O) groups is 3. The van der Waals surface area contributed by atoms with E-state index in [0.29, 0.717) is 6.42 Å². The Kier molecular flexibility index (Phi) is 4.89. The molecule has 0 bridgehead atoms. The Hall–Kier alpha value is -2.37. The second kappa shape index (κ2) is 7.33. The van der Waals surface area contributed by atoms with Gasteiger partial charge >= 0.3 is 6.03 Å². The second-order valence-corrected chi connectivity index (χ2v) is 7.99. The van der Waals surface area contributed by atoms with E-state index in [4.69, 9.17) is 0 Å². The molecule has 6 heteroatoms. The fourth-order valence-corrected chi connectivity index (χ4v) is 4.75. The second-order valence-electron chi connectivity index (χ2n) is 7.99. The van der Waals surface area contributed by atoms with Crippen molar-refractivity contribution in [3.8, 4) is 0 Å². The number of carbonyl (C=O) groups excluding carboxylic acids is 3. The van der Waals surface area contributed by atoms with E-state index in [1.807, 2.05) is 24.3 Å². The number of nitrogens with one attached hydrogen (secondary N) is 2. The van der Waals surface area contributed by atoms with Crippen molar-refractivity contribution in [1.29, 1.82) is 0 Å². The van der Waals surface area contributed by atoms with Crippen molar-refractivity contribution in [3.05, 3.63) is 35.4 Å². The number of imide groups is 1. The summed E-state index contributed by atoms with van der Waals surface area (Å²) in [6, 6.07) is 7.41. The summed E-state index contributed by atoms with van der Waals surface area (Å²) in [4.78, 5) is 39.2. The van der Waals surface area contributed by atoms with Crippen LogP contribution in [-0.2, 0) is 21.5 Å². The summed E-state index contributed by atoms with van der Waals surface area (Å²) in [6.45, 7) is -0.203. The molecule has 1 aliphatic heterocycles. The van der Waals surface area contributed by atoms with Crippen molar-refractivity contribution in [1.82, 2.24) is 15.5 Å². The predicted molar refractivity (Wildman–Crippen MR) is 101 cm³/mol. The Balaban J connectivity index is 1.43. The van der Waals surface area contributed by atoms with Gasteiger partial charge in [0.25, 0.3) is 5.91 Å². The minimum Gasteiger partial charge on any atom is -0.352 e. The van der Waals surface area contributed by atoms with Gasteiger partial charge < -0.3 is 10.6 Å². The number of aryl methyl sites for hydroxylation is 1. The first kappa shape index (κ1) is 18.0. The van der Waals surface area contributed by atoms with Crippen LogP contribution in [0.5, 0.6) is 0 Å². The van der Waals surface area contributed by atoms with Crippen molar-refractivity contribution in [3.63, 3.8) is 0 Å². The monoisotopic (exact) mass is 369 g/mol. The third-order valence-electron chi connectivity index (χ3n) is 6.19. The summed E-state index contributed by atoms with van der Waals surface area (Å²) in [5.74, 6) is -0.544. The number of urea groups is 1. The van der Waals surface area contributed by atoms with E-state index in [9.17, 15) is 14.4 Å². The van der Waals surface area contributed by atoms with Crippen LogP contribution in [0, 0.1) is 0 Å². The number of fused-ring (bicyclic) bond motifs is 2. The number of hydrogen-bond donors (Lipinski definition) is 2. The van der Waals surface area contributed by atoms with E-state index in [1.165, 1.54) is 19.3 Å². The highest BCUT2D eigenvalue weighted by atomic mass is 16.2. The first-order valence-corrected chi connectivity index (χ1v) is 10.1. The summed E-state index contributed by atoms with van der Waals surface area (Å²) < 4.78 is 0. The van der Waals surface area contributed by atoms with Crippen LogP contribution in [0.1, 0.15) is 62.5 Å². The number of hydrogen-bond acceptors (Lipinski definition) is 3. The van der Waals surface area contributed by atoms with Gasteiger partial charge in [-0.15, -0.1) is 0 Å². The molecule has 6 nitrogen and oxygen atoms in total. The van der Waals surface area contributed by atoms with Gasteiger partial charge in [0.15, 0.2) is 0 Å². The molecule has 2 N–H and O–H groups in total. The Morgan fingerprint density at radius 1 is 1.11 bits per heavy atom. The molecule has 27 heavy (non-hydrogen) atoms. The summed E-state index contributed by atoms with van der Waals surface area (Å²) in [5, 5.41) is 5.91. The van der Waals surface area contributed by atoms with Gasteiger partial charge in [0.05, 0.1) is 0 Å². The maximum Gasteiger partial charge on any atom is 0.325 e. The van der Waals surface area contributed by atoms with Gasteiger partial charge in [0.1, 0.15) is 12.1 Å². The molecule has 0 radical (unpaired) electrons. The molecule has 1 atom stereocenters. The van der Waals surface area contributed by atoms with Crippen LogP contribution in [0.4, 0.5) is 4.79 Å². The molecule has 2 aliphatic carbocycles. The SMILES string of the molecule is O=C(CN1C(=O)NC2(CCc3ccccc32)C1=O)NC1CCCCCCC1. The van der Waals surface area contributed by atoms with Crippen LogP contribution >= 0.6 is 0 Å². The summed E-state index contributed by atoms with van der Waals surface area (Å²) in [6.07, 6.45) is 9.19. The minimum absolute atomic E-state index is 0.153. The van der Waals surface area contributed by atoms with E-state index >= 15 is 0 Å². The van der Waals surface area contributed by atoms with Gasteiger partial charge in [0.2, 0.25) is 5.91 Å². The lowest BCUT2D eigenvalue weighted by atomic mass is 9.92. The smallest absolute Gasteiger partial charge is 0.325 e. The molecule has 1 aromatic rings. The largest absolute Gasteiger partial charge is 0.352 e. The maximum absolute atomic E-state index is 13.1. The van der Waals surface area contributed by atoms with Gasteiger partial charge in [-0.3, -0.25) is 14.5 Å². The summed E-state index contributed by atoms with van der Waals surface area (Å²) in [7, 11) is 0. The standard InChI is InChI=1S/C21H27N3O3/c25-18(22-16-9-4-2-1-3-5-10-16)14-24-19(26)21(23-20(24)27)13-12-15-8-6-7-11-17(15)21/h6-8,11,16H,1-5,9-10,12-14H2,(H,22,25)(H,23,27).